The van der Waals surface area contributed by atoms with Crippen molar-refractivity contribution in [2.24, 2.45) is 5.73 Å². The predicted molar refractivity (Wildman–Crippen MR) is 328 cm³/mol. The number of nitrogens with zero attached hydrogens (tertiary/aromatic N) is 2. The predicted octanol–water partition coefficient (Wildman–Crippen LogP) is 18.2. The van der Waals surface area contributed by atoms with E-state index in [1.54, 1.807) is 0 Å². The molecule has 3 aromatic heterocycles. The molecule has 0 aliphatic carbocycles. The lowest BCUT2D eigenvalue weighted by molar-refractivity contribution is 0.0997. The van der Waals surface area contributed by atoms with Gasteiger partial charge in [0.25, 0.3) is 5.91 Å². The van der Waals surface area contributed by atoms with Gasteiger partial charge in [-0.25, -0.2) is 9.97 Å². The zero-order valence-corrected chi connectivity index (χ0v) is 48.7. The van der Waals surface area contributed by atoms with E-state index >= 15 is 0 Å². The minimum atomic E-state index is -0.615. The molecule has 1 amide bonds. The van der Waals surface area contributed by atoms with Gasteiger partial charge in [-0.2, -0.15) is 0 Å². The quantitative estimate of drug-likeness (QED) is 0.159. The Morgan fingerprint density at radius 2 is 0.769 bits per heavy atom. The molecule has 0 radical (unpaired) electrons. The molecule has 5 aromatic carbocycles. The van der Waals surface area contributed by atoms with Crippen LogP contribution in [0.2, 0.25) is 0 Å². The molecule has 394 valence electrons. The van der Waals surface area contributed by atoms with E-state index in [4.69, 9.17) is 20.4 Å². The highest BCUT2D eigenvalue weighted by atomic mass is 16.5. The van der Waals surface area contributed by atoms with Crippen LogP contribution in [0.5, 0.6) is 11.5 Å². The van der Waals surface area contributed by atoms with E-state index in [9.17, 15) is 4.79 Å². The summed E-state index contributed by atoms with van der Waals surface area (Å²) in [5, 5.41) is 0. The summed E-state index contributed by atoms with van der Waals surface area (Å²) in [4.78, 5) is 33.3. The lowest BCUT2D eigenvalue weighted by Gasteiger charge is -2.39. The Bertz CT molecular complexity index is 4050. The first-order valence-corrected chi connectivity index (χ1v) is 27.5. The second-order valence-corrected chi connectivity index (χ2v) is 25.2. The van der Waals surface area contributed by atoms with Crippen molar-refractivity contribution in [3.05, 3.63) is 186 Å². The number of primary amides is 1. The van der Waals surface area contributed by atoms with Crippen LogP contribution >= 0.6 is 0 Å². The average Bonchev–Trinajstić information content (AvgIpc) is 4.26. The minimum Gasteiger partial charge on any atom is -0.455 e. The molecule has 8 bridgehead atoms. The smallest absolute Gasteiger partial charge is 0.252 e. The Morgan fingerprint density at radius 1 is 0.449 bits per heavy atom. The lowest BCUT2D eigenvalue weighted by Crippen LogP contribution is -2.29. The summed E-state index contributed by atoms with van der Waals surface area (Å²) in [6, 6.07) is 31.2. The molecule has 0 saturated carbocycles. The molecule has 78 heavy (non-hydrogen) atoms. The zero-order valence-electron chi connectivity index (χ0n) is 48.7. The highest BCUT2D eigenvalue weighted by Gasteiger charge is 2.41. The molecule has 4 N–H and O–H groups in total. The molecule has 0 saturated heterocycles. The third-order valence-electron chi connectivity index (χ3n) is 16.5. The molecular weight excluding hydrogens is 955 g/mol. The van der Waals surface area contributed by atoms with E-state index in [1.165, 1.54) is 50.1 Å². The molecule has 0 spiro atoms. The number of ether oxygens (including phenoxy) is 1. The Hall–Kier alpha value is -8.03. The summed E-state index contributed by atoms with van der Waals surface area (Å²) < 4.78 is 7.34. The molecule has 0 fully saturated rings. The van der Waals surface area contributed by atoms with E-state index in [0.29, 0.717) is 17.1 Å². The maximum atomic E-state index is 13.7. The van der Waals surface area contributed by atoms with Gasteiger partial charge in [0.05, 0.1) is 28.3 Å². The van der Waals surface area contributed by atoms with Gasteiger partial charge >= 0.3 is 0 Å². The van der Waals surface area contributed by atoms with Gasteiger partial charge in [0.2, 0.25) is 0 Å². The molecule has 6 heterocycles. The van der Waals surface area contributed by atoms with Gasteiger partial charge in [0.15, 0.2) is 0 Å². The van der Waals surface area contributed by atoms with Crippen LogP contribution in [0.15, 0.2) is 84.9 Å². The van der Waals surface area contributed by atoms with Crippen molar-refractivity contribution >= 4 is 52.3 Å². The summed E-state index contributed by atoms with van der Waals surface area (Å²) in [7, 11) is 0. The van der Waals surface area contributed by atoms with Gasteiger partial charge in [0.1, 0.15) is 11.5 Å². The second-order valence-electron chi connectivity index (χ2n) is 25.2. The number of aromatic amines is 2. The Balaban J connectivity index is 1.36. The fourth-order valence-electron chi connectivity index (χ4n) is 12.9. The normalized spacial score (nSPS) is 13.7. The first kappa shape index (κ1) is 52.0. The molecule has 3 aliphatic heterocycles. The highest BCUT2D eigenvalue weighted by molar-refractivity contribution is 6.03. The van der Waals surface area contributed by atoms with Gasteiger partial charge < -0.3 is 20.4 Å². The molecule has 0 atom stereocenters. The molecule has 0 unspecified atom stereocenters. The van der Waals surface area contributed by atoms with Crippen LogP contribution in [0, 0.1) is 62.3 Å². The number of fused-ring (bicyclic) bond motifs is 10. The molecule has 3 aliphatic rings. The molecule has 11 rings (SSSR count). The number of H-pyrrole nitrogens is 2. The minimum absolute atomic E-state index is 0.252. The number of carbonyl (C=O) groups excluding carboxylic acids is 1. The number of aromatic nitrogens is 4. The van der Waals surface area contributed by atoms with Crippen molar-refractivity contribution in [3.8, 4) is 56.0 Å². The van der Waals surface area contributed by atoms with E-state index in [-0.39, 0.29) is 10.8 Å². The average molecular weight is 1030 g/mol. The van der Waals surface area contributed by atoms with Crippen LogP contribution in [0.25, 0.3) is 90.9 Å². The van der Waals surface area contributed by atoms with Crippen LogP contribution in [0.3, 0.4) is 0 Å². The SMILES string of the molecule is Cc1cc(C)c(-c2c3nc(c(-c4c(C)cc(C)cc4C)c4ccc([nH]4)c(-c4c(C)cc(C)cc4C)c4nc(c(-c5cc(C(C)(C)C)cc6c5Oc5c(C(N)=O)cc(C(C)(C)C)cc5C6(C)C)c5ccc2[nH]5)C=C4)C=C3)c(C)c1. The third kappa shape index (κ3) is 8.63. The van der Waals surface area contributed by atoms with Crippen LogP contribution < -0.4 is 10.5 Å². The third-order valence-corrected chi connectivity index (χ3v) is 16.5. The van der Waals surface area contributed by atoms with E-state index in [2.05, 4.69) is 231 Å². The first-order chi connectivity index (χ1) is 36.7. The number of benzene rings is 5. The van der Waals surface area contributed by atoms with Crippen LogP contribution in [0.4, 0.5) is 0 Å². The largest absolute Gasteiger partial charge is 0.455 e. The maximum absolute atomic E-state index is 13.7. The Morgan fingerprint density at radius 3 is 1.12 bits per heavy atom. The van der Waals surface area contributed by atoms with Gasteiger partial charge in [-0.15, -0.1) is 0 Å². The first-order valence-electron chi connectivity index (χ1n) is 27.5. The van der Waals surface area contributed by atoms with Gasteiger partial charge in [-0.05, 0) is 195 Å². The van der Waals surface area contributed by atoms with Crippen molar-refractivity contribution in [2.75, 3.05) is 0 Å². The monoisotopic (exact) mass is 1030 g/mol. The standard InChI is InChI=1S/C71H73N5O2/c1-36-26-39(4)59(40(5)27-36)63-53-20-18-51(73-53)62(47-32-45(69(10,11)12)34-49-66(47)78-67-48(68(72)77)33-46(70(13,14)15)35-50(67)71(49,16)17)52-19-21-54(74-52)64(60-41(6)28-37(2)29-42(60)7)56-23-25-58(76-56)65(57-24-22-55(63)75-57)61-43(8)30-38(3)31-44(61)9/h18-35,73,76H,1-17H3,(H2,72,77). The van der Waals surface area contributed by atoms with E-state index < -0.39 is 11.3 Å². The summed E-state index contributed by atoms with van der Waals surface area (Å²) in [5.74, 6) is 0.629. The number of hydrogen-bond acceptors (Lipinski definition) is 4. The fourth-order valence-corrected chi connectivity index (χ4v) is 12.9. The molecule has 8 aromatic rings. The van der Waals surface area contributed by atoms with Crippen molar-refractivity contribution in [2.45, 2.75) is 134 Å². The van der Waals surface area contributed by atoms with Crippen molar-refractivity contribution in [1.29, 1.82) is 0 Å². The van der Waals surface area contributed by atoms with Gasteiger partial charge in [0, 0.05) is 66.4 Å². The summed E-state index contributed by atoms with van der Waals surface area (Å²) in [6.45, 7) is 37.5. The number of amides is 1. The topological polar surface area (TPSA) is 110 Å². The zero-order chi connectivity index (χ0) is 55.8. The van der Waals surface area contributed by atoms with Crippen LogP contribution in [-0.4, -0.2) is 25.8 Å². The van der Waals surface area contributed by atoms with E-state index in [0.717, 1.165) is 112 Å². The number of nitrogens with two attached hydrogens (primary N) is 1. The molecular formula is C71H73N5O2. The second kappa shape index (κ2) is 18.3. The van der Waals surface area contributed by atoms with Crippen LogP contribution in [-0.2, 0) is 16.2 Å². The summed E-state index contributed by atoms with van der Waals surface area (Å²) in [6.07, 6.45) is 8.71. The molecule has 7 nitrogen and oxygen atoms in total. The molecule has 7 heteroatoms. The van der Waals surface area contributed by atoms with Crippen LogP contribution in [0.1, 0.15) is 161 Å². The summed E-state index contributed by atoms with van der Waals surface area (Å²) >= 11 is 0. The van der Waals surface area contributed by atoms with Gasteiger partial charge in [-0.1, -0.05) is 121 Å². The number of rotatable bonds is 5. The number of nitrogens with one attached hydrogen (secondary N) is 2. The van der Waals surface area contributed by atoms with Gasteiger partial charge in [-0.3, -0.25) is 4.79 Å². The van der Waals surface area contributed by atoms with Crippen molar-refractivity contribution < 1.29 is 9.53 Å². The fraction of sp³-hybridized carbons (Fsp3) is 0.282. The number of hydrogen-bond donors (Lipinski definition) is 3. The van der Waals surface area contributed by atoms with E-state index in [1.807, 2.05) is 6.07 Å². The number of carbonyl (C=O) groups is 1. The number of aryl methyl sites for hydroxylation is 9. The highest BCUT2D eigenvalue weighted by Crippen LogP contribution is 2.56. The maximum Gasteiger partial charge on any atom is 0.252 e. The van der Waals surface area contributed by atoms with Crippen molar-refractivity contribution in [3.63, 3.8) is 0 Å². The lowest BCUT2D eigenvalue weighted by atomic mass is 9.70. The Kier molecular flexibility index (Phi) is 12.2. The van der Waals surface area contributed by atoms with Crippen molar-refractivity contribution in [1.82, 2.24) is 19.9 Å². The summed E-state index contributed by atoms with van der Waals surface area (Å²) in [5.41, 5.74) is 35.6. The Labute approximate surface area is 460 Å².